The lowest BCUT2D eigenvalue weighted by atomic mass is 10.2. The Morgan fingerprint density at radius 3 is 1.86 bits per heavy atom. The van der Waals surface area contributed by atoms with Gasteiger partial charge in [0.1, 0.15) is 0 Å². The number of rotatable bonds is 6. The molecular formula is C16H20N4O. The molecule has 0 saturated heterocycles. The summed E-state index contributed by atoms with van der Waals surface area (Å²) in [6, 6.07) is 11.4. The molecule has 0 aliphatic rings. The molecule has 0 radical (unpaired) electrons. The third kappa shape index (κ3) is 4.96. The molecule has 0 N–H and O–H groups in total. The van der Waals surface area contributed by atoms with Crippen LogP contribution in [0.2, 0.25) is 0 Å². The Kier molecular flexibility index (Phi) is 5.40. The van der Waals surface area contributed by atoms with Gasteiger partial charge in [0, 0.05) is 12.4 Å². The van der Waals surface area contributed by atoms with Gasteiger partial charge in [0.2, 0.25) is 5.91 Å². The molecular weight excluding hydrogens is 264 g/mol. The second-order valence-electron chi connectivity index (χ2n) is 5.13. The summed E-state index contributed by atoms with van der Waals surface area (Å²) in [5.41, 5.74) is 1.75. The molecule has 110 valence electrons. The van der Waals surface area contributed by atoms with Crippen molar-refractivity contribution in [3.8, 4) is 0 Å². The lowest BCUT2D eigenvalue weighted by Crippen LogP contribution is -2.37. The summed E-state index contributed by atoms with van der Waals surface area (Å²) in [5.74, 6) is 0.0660. The maximum absolute atomic E-state index is 12.4. The van der Waals surface area contributed by atoms with Gasteiger partial charge in [0.05, 0.1) is 31.0 Å². The highest BCUT2D eigenvalue weighted by Crippen LogP contribution is 2.07. The fourth-order valence-corrected chi connectivity index (χ4v) is 1.98. The number of hydrogen-bond acceptors (Lipinski definition) is 4. The molecule has 5 heteroatoms. The number of aromatic nitrogens is 2. The standard InChI is InChI=1S/C16H20N4O/c1-19(2)13-16(21)20(11-14-7-3-5-9-17-14)12-15-8-4-6-10-18-15/h3-10H,11-13H2,1-2H3. The third-order valence-electron chi connectivity index (χ3n) is 2.96. The fourth-order valence-electron chi connectivity index (χ4n) is 1.98. The van der Waals surface area contributed by atoms with E-state index in [4.69, 9.17) is 0 Å². The molecule has 21 heavy (non-hydrogen) atoms. The zero-order valence-electron chi connectivity index (χ0n) is 12.4. The monoisotopic (exact) mass is 284 g/mol. The van der Waals surface area contributed by atoms with Gasteiger partial charge in [-0.25, -0.2) is 0 Å². The lowest BCUT2D eigenvalue weighted by molar-refractivity contribution is -0.133. The van der Waals surface area contributed by atoms with E-state index in [0.29, 0.717) is 19.6 Å². The third-order valence-corrected chi connectivity index (χ3v) is 2.96. The Hall–Kier alpha value is -2.27. The van der Waals surface area contributed by atoms with Crippen molar-refractivity contribution in [1.82, 2.24) is 19.8 Å². The lowest BCUT2D eigenvalue weighted by Gasteiger charge is -2.23. The molecule has 1 amide bonds. The number of likely N-dealkylation sites (N-methyl/N-ethyl adjacent to an activating group) is 1. The molecule has 2 aromatic heterocycles. The van der Waals surface area contributed by atoms with Gasteiger partial charge in [-0.15, -0.1) is 0 Å². The molecule has 2 aromatic rings. The van der Waals surface area contributed by atoms with Crippen molar-refractivity contribution >= 4 is 5.91 Å². The van der Waals surface area contributed by atoms with Crippen LogP contribution in [-0.2, 0) is 17.9 Å². The van der Waals surface area contributed by atoms with Crippen LogP contribution in [0.3, 0.4) is 0 Å². The highest BCUT2D eigenvalue weighted by Gasteiger charge is 2.16. The van der Waals surface area contributed by atoms with Gasteiger partial charge in [-0.2, -0.15) is 0 Å². The van der Waals surface area contributed by atoms with Crippen LogP contribution in [0.4, 0.5) is 0 Å². The molecule has 0 aromatic carbocycles. The summed E-state index contributed by atoms with van der Waals surface area (Å²) in [4.78, 5) is 24.6. The topological polar surface area (TPSA) is 49.3 Å². The molecule has 0 atom stereocenters. The predicted molar refractivity (Wildman–Crippen MR) is 81.3 cm³/mol. The van der Waals surface area contributed by atoms with Gasteiger partial charge in [-0.05, 0) is 38.4 Å². The summed E-state index contributed by atoms with van der Waals surface area (Å²) in [6.45, 7) is 1.36. The minimum absolute atomic E-state index is 0.0660. The summed E-state index contributed by atoms with van der Waals surface area (Å²) in [7, 11) is 3.77. The Morgan fingerprint density at radius 1 is 0.952 bits per heavy atom. The molecule has 0 spiro atoms. The van der Waals surface area contributed by atoms with E-state index in [1.54, 1.807) is 17.3 Å². The van der Waals surface area contributed by atoms with Crippen molar-refractivity contribution in [2.75, 3.05) is 20.6 Å². The van der Waals surface area contributed by atoms with Crippen LogP contribution in [0.1, 0.15) is 11.4 Å². The molecule has 0 unspecified atom stereocenters. The Labute approximate surface area is 125 Å². The maximum Gasteiger partial charge on any atom is 0.237 e. The molecule has 5 nitrogen and oxygen atoms in total. The number of amides is 1. The number of carbonyl (C=O) groups excluding carboxylic acids is 1. The van der Waals surface area contributed by atoms with Crippen LogP contribution in [0.15, 0.2) is 48.8 Å². The summed E-state index contributed by atoms with van der Waals surface area (Å²) >= 11 is 0. The second kappa shape index (κ2) is 7.50. The highest BCUT2D eigenvalue weighted by molar-refractivity contribution is 5.78. The first kappa shape index (κ1) is 15.1. The van der Waals surface area contributed by atoms with Crippen LogP contribution in [-0.4, -0.2) is 46.3 Å². The van der Waals surface area contributed by atoms with E-state index < -0.39 is 0 Å². The second-order valence-corrected chi connectivity index (χ2v) is 5.13. The largest absolute Gasteiger partial charge is 0.330 e. The molecule has 0 saturated carbocycles. The van der Waals surface area contributed by atoms with E-state index >= 15 is 0 Å². The van der Waals surface area contributed by atoms with E-state index in [-0.39, 0.29) is 5.91 Å². The minimum Gasteiger partial charge on any atom is -0.330 e. The van der Waals surface area contributed by atoms with E-state index in [2.05, 4.69) is 9.97 Å². The first-order chi connectivity index (χ1) is 10.1. The van der Waals surface area contributed by atoms with Gasteiger partial charge < -0.3 is 9.80 Å². The van der Waals surface area contributed by atoms with Crippen molar-refractivity contribution < 1.29 is 4.79 Å². The number of nitrogens with zero attached hydrogens (tertiary/aromatic N) is 4. The van der Waals surface area contributed by atoms with Crippen molar-refractivity contribution in [1.29, 1.82) is 0 Å². The van der Waals surface area contributed by atoms with Crippen LogP contribution >= 0.6 is 0 Å². The van der Waals surface area contributed by atoms with Crippen molar-refractivity contribution in [2.45, 2.75) is 13.1 Å². The molecule has 0 aliphatic carbocycles. The Balaban J connectivity index is 2.12. The fraction of sp³-hybridized carbons (Fsp3) is 0.312. The molecule has 2 rings (SSSR count). The Bertz CT molecular complexity index is 516. The zero-order chi connectivity index (χ0) is 15.1. The van der Waals surface area contributed by atoms with E-state index in [1.165, 1.54) is 0 Å². The van der Waals surface area contributed by atoms with Gasteiger partial charge >= 0.3 is 0 Å². The van der Waals surface area contributed by atoms with Gasteiger partial charge in [-0.1, -0.05) is 12.1 Å². The number of carbonyl (C=O) groups is 1. The van der Waals surface area contributed by atoms with Crippen LogP contribution in [0, 0.1) is 0 Å². The Morgan fingerprint density at radius 2 is 1.48 bits per heavy atom. The maximum atomic E-state index is 12.4. The zero-order valence-corrected chi connectivity index (χ0v) is 12.4. The van der Waals surface area contributed by atoms with E-state index in [0.717, 1.165) is 11.4 Å². The van der Waals surface area contributed by atoms with E-state index in [9.17, 15) is 4.79 Å². The van der Waals surface area contributed by atoms with Crippen LogP contribution < -0.4 is 0 Å². The number of hydrogen-bond donors (Lipinski definition) is 0. The van der Waals surface area contributed by atoms with Crippen molar-refractivity contribution in [3.05, 3.63) is 60.2 Å². The molecule has 0 aliphatic heterocycles. The SMILES string of the molecule is CN(C)CC(=O)N(Cc1ccccn1)Cc1ccccn1. The average molecular weight is 284 g/mol. The smallest absolute Gasteiger partial charge is 0.237 e. The highest BCUT2D eigenvalue weighted by atomic mass is 16.2. The summed E-state index contributed by atoms with van der Waals surface area (Å²) in [6.07, 6.45) is 3.48. The van der Waals surface area contributed by atoms with Crippen molar-refractivity contribution in [3.63, 3.8) is 0 Å². The van der Waals surface area contributed by atoms with Gasteiger partial charge in [0.15, 0.2) is 0 Å². The molecule has 0 fully saturated rings. The summed E-state index contributed by atoms with van der Waals surface area (Å²) < 4.78 is 0. The predicted octanol–water partition coefficient (Wildman–Crippen LogP) is 1.57. The van der Waals surface area contributed by atoms with Crippen LogP contribution in [0.25, 0.3) is 0 Å². The van der Waals surface area contributed by atoms with Crippen molar-refractivity contribution in [2.24, 2.45) is 0 Å². The summed E-state index contributed by atoms with van der Waals surface area (Å²) in [5, 5.41) is 0. The van der Waals surface area contributed by atoms with Crippen LogP contribution in [0.5, 0.6) is 0 Å². The number of pyridine rings is 2. The first-order valence-corrected chi connectivity index (χ1v) is 6.87. The molecule has 0 bridgehead atoms. The average Bonchev–Trinajstić information content (AvgIpc) is 2.48. The minimum atomic E-state index is 0.0660. The molecule has 2 heterocycles. The quantitative estimate of drug-likeness (QED) is 0.808. The normalized spacial score (nSPS) is 10.6. The van der Waals surface area contributed by atoms with Gasteiger partial charge in [0.25, 0.3) is 0 Å². The van der Waals surface area contributed by atoms with Gasteiger partial charge in [-0.3, -0.25) is 14.8 Å². The van der Waals surface area contributed by atoms with E-state index in [1.807, 2.05) is 55.4 Å². The first-order valence-electron chi connectivity index (χ1n) is 6.87.